The number of anilines is 2. The number of amides is 2. The van der Waals surface area contributed by atoms with Gasteiger partial charge in [0.1, 0.15) is 0 Å². The average Bonchev–Trinajstić information content (AvgIpc) is 3.23. The highest BCUT2D eigenvalue weighted by molar-refractivity contribution is 8.26. The molecule has 0 saturated carbocycles. The lowest BCUT2D eigenvalue weighted by molar-refractivity contribution is -0.115. The van der Waals surface area contributed by atoms with Crippen molar-refractivity contribution < 1.29 is 19.2 Å². The molecule has 3 rings (SSSR count). The molecule has 6 nitrogen and oxygen atoms in total. The summed E-state index contributed by atoms with van der Waals surface area (Å²) in [6, 6.07) is 0. The summed E-state index contributed by atoms with van der Waals surface area (Å²) < 4.78 is 1.61. The summed E-state index contributed by atoms with van der Waals surface area (Å²) in [5.74, 6) is -0.441. The first-order valence-electron chi connectivity index (χ1n) is 8.09. The quantitative estimate of drug-likeness (QED) is 0.220. The molecule has 10 heteroatoms. The molecule has 0 spiro atoms. The Morgan fingerprint density at radius 3 is 1.32 bits per heavy atom. The lowest BCUT2D eigenvalue weighted by Gasteiger charge is -2.17. The summed E-state index contributed by atoms with van der Waals surface area (Å²) in [5.41, 5.74) is 2.46. The number of aldehydes is 2. The van der Waals surface area contributed by atoms with Crippen molar-refractivity contribution in [2.45, 2.75) is 47.3 Å². The van der Waals surface area contributed by atoms with Crippen LogP contribution in [-0.2, 0) is 19.2 Å². The lowest BCUT2D eigenvalue weighted by Crippen LogP contribution is -2.11. The number of fused-ring (bicyclic) bond motifs is 2. The predicted octanol–water partition coefficient (Wildman–Crippen LogP) is 4.86. The molecule has 2 N–H and O–H groups in total. The lowest BCUT2D eigenvalue weighted by atomic mass is 10.2. The summed E-state index contributed by atoms with van der Waals surface area (Å²) in [7, 11) is 0. The Bertz CT molecular complexity index is 925. The van der Waals surface area contributed by atoms with E-state index in [0.29, 0.717) is 28.2 Å². The molecule has 2 aliphatic rings. The number of hydrogen-bond acceptors (Lipinski definition) is 8. The van der Waals surface area contributed by atoms with Crippen LogP contribution < -0.4 is 10.6 Å². The molecule has 0 aliphatic carbocycles. The molecule has 0 unspecified atom stereocenters. The van der Waals surface area contributed by atoms with E-state index < -0.39 is 0 Å². The second-order valence-electron chi connectivity index (χ2n) is 6.10. The van der Waals surface area contributed by atoms with Crippen molar-refractivity contribution >= 4 is 82.8 Å². The SMILES string of the molecule is CC(=O)Nc1c2c(c(NC(C)=O)c3c1SC(=C(C=O)C=O)S3)SC(=C(C)C)S2. The van der Waals surface area contributed by atoms with Gasteiger partial charge in [0, 0.05) is 18.1 Å². The zero-order chi connectivity index (χ0) is 20.6. The number of carbonyl (C=O) groups is 4. The molecular formula is C18H16N2O4S4. The third kappa shape index (κ3) is 3.91. The molecule has 28 heavy (non-hydrogen) atoms. The number of carbonyl (C=O) groups excluding carboxylic acids is 4. The van der Waals surface area contributed by atoms with Crippen LogP contribution in [0.2, 0.25) is 0 Å². The average molecular weight is 453 g/mol. The minimum Gasteiger partial charge on any atom is -0.324 e. The van der Waals surface area contributed by atoms with Crippen LogP contribution in [0.25, 0.3) is 0 Å². The van der Waals surface area contributed by atoms with E-state index in [0.717, 1.165) is 29.4 Å². The van der Waals surface area contributed by atoms with Crippen molar-refractivity contribution in [3.63, 3.8) is 0 Å². The molecule has 1 aromatic carbocycles. The van der Waals surface area contributed by atoms with Crippen LogP contribution in [0.3, 0.4) is 0 Å². The van der Waals surface area contributed by atoms with Crippen LogP contribution in [0.5, 0.6) is 0 Å². The van der Waals surface area contributed by atoms with Crippen LogP contribution in [0.15, 0.2) is 39.2 Å². The third-order valence-corrected chi connectivity index (χ3v) is 9.34. The molecule has 0 radical (unpaired) electrons. The first kappa shape index (κ1) is 21.1. The Balaban J connectivity index is 2.29. The fourth-order valence-electron chi connectivity index (χ4n) is 2.49. The Morgan fingerprint density at radius 1 is 0.679 bits per heavy atom. The van der Waals surface area contributed by atoms with E-state index in [1.54, 1.807) is 23.5 Å². The van der Waals surface area contributed by atoms with Gasteiger partial charge in [0.05, 0.1) is 40.8 Å². The predicted molar refractivity (Wildman–Crippen MR) is 116 cm³/mol. The van der Waals surface area contributed by atoms with E-state index in [4.69, 9.17) is 0 Å². The number of rotatable bonds is 4. The monoisotopic (exact) mass is 452 g/mol. The molecule has 0 bridgehead atoms. The highest BCUT2D eigenvalue weighted by Crippen LogP contribution is 2.66. The van der Waals surface area contributed by atoms with E-state index in [1.807, 2.05) is 13.8 Å². The number of nitrogens with one attached hydrogen (secondary N) is 2. The van der Waals surface area contributed by atoms with Gasteiger partial charge in [-0.25, -0.2) is 0 Å². The largest absolute Gasteiger partial charge is 0.324 e. The van der Waals surface area contributed by atoms with Gasteiger partial charge in [-0.3, -0.25) is 19.2 Å². The van der Waals surface area contributed by atoms with Gasteiger partial charge in [0.25, 0.3) is 0 Å². The van der Waals surface area contributed by atoms with Gasteiger partial charge >= 0.3 is 0 Å². The van der Waals surface area contributed by atoms with Crippen molar-refractivity contribution in [2.75, 3.05) is 10.6 Å². The van der Waals surface area contributed by atoms with Crippen molar-refractivity contribution in [3.05, 3.63) is 19.6 Å². The van der Waals surface area contributed by atoms with Gasteiger partial charge in [0.15, 0.2) is 12.6 Å². The fraction of sp³-hybridized carbons (Fsp3) is 0.222. The topological polar surface area (TPSA) is 92.3 Å². The van der Waals surface area contributed by atoms with Crippen LogP contribution in [0, 0.1) is 0 Å². The highest BCUT2D eigenvalue weighted by atomic mass is 32.2. The number of allylic oxidation sites excluding steroid dienone is 2. The zero-order valence-corrected chi connectivity index (χ0v) is 18.7. The number of hydrogen-bond donors (Lipinski definition) is 2. The summed E-state index contributed by atoms with van der Waals surface area (Å²) in [5, 5.41) is 5.80. The second kappa shape index (κ2) is 8.40. The fourth-order valence-corrected chi connectivity index (χ4v) is 7.83. The molecule has 1 aromatic rings. The summed E-state index contributed by atoms with van der Waals surface area (Å²) >= 11 is 5.59. The van der Waals surface area contributed by atoms with E-state index >= 15 is 0 Å². The van der Waals surface area contributed by atoms with Crippen LogP contribution in [0.1, 0.15) is 27.7 Å². The summed E-state index contributed by atoms with van der Waals surface area (Å²) in [6.07, 6.45) is 1.03. The third-order valence-electron chi connectivity index (χ3n) is 3.60. The van der Waals surface area contributed by atoms with Crippen molar-refractivity contribution in [1.29, 1.82) is 0 Å². The maximum Gasteiger partial charge on any atom is 0.221 e. The van der Waals surface area contributed by atoms with Gasteiger partial charge in [-0.05, 0) is 13.8 Å². The molecule has 0 atom stereocenters. The Kier molecular flexibility index (Phi) is 6.33. The summed E-state index contributed by atoms with van der Waals surface area (Å²) in [6.45, 7) is 6.88. The van der Waals surface area contributed by atoms with Crippen LogP contribution in [-0.4, -0.2) is 24.4 Å². The minimum atomic E-state index is -0.220. The zero-order valence-electron chi connectivity index (χ0n) is 15.4. The van der Waals surface area contributed by atoms with Crippen molar-refractivity contribution in [2.24, 2.45) is 0 Å². The standard InChI is InChI=1S/C18H16N2O4S4/c1-7(2)17-25-13-11(19-8(3)23)15-16(12(14(13)26-17)20-9(4)24)28-18(27-15)10(5-21)6-22/h5-6H,1-4H3,(H,19,23)(H,20,24). The minimum absolute atomic E-state index is 0.0409. The van der Waals surface area contributed by atoms with Gasteiger partial charge in [-0.2, -0.15) is 0 Å². The van der Waals surface area contributed by atoms with E-state index in [9.17, 15) is 19.2 Å². The Morgan fingerprint density at radius 2 is 1.04 bits per heavy atom. The van der Waals surface area contributed by atoms with E-state index in [2.05, 4.69) is 10.6 Å². The molecule has 2 heterocycles. The number of benzene rings is 1. The first-order chi connectivity index (χ1) is 13.3. The molecule has 0 fully saturated rings. The summed E-state index contributed by atoms with van der Waals surface area (Å²) in [4.78, 5) is 49.4. The van der Waals surface area contributed by atoms with Gasteiger partial charge in [-0.15, -0.1) is 0 Å². The van der Waals surface area contributed by atoms with Crippen molar-refractivity contribution in [1.82, 2.24) is 0 Å². The molecule has 2 amide bonds. The van der Waals surface area contributed by atoms with Crippen LogP contribution >= 0.6 is 47.0 Å². The van der Waals surface area contributed by atoms with Crippen LogP contribution in [0.4, 0.5) is 11.4 Å². The number of thioether (sulfide) groups is 4. The first-order valence-corrected chi connectivity index (χ1v) is 11.4. The van der Waals surface area contributed by atoms with Gasteiger partial charge < -0.3 is 10.6 Å². The van der Waals surface area contributed by atoms with E-state index in [-0.39, 0.29) is 17.4 Å². The Labute approximate surface area is 179 Å². The maximum atomic E-state index is 11.9. The maximum absolute atomic E-state index is 11.9. The van der Waals surface area contributed by atoms with Gasteiger partial charge in [-0.1, -0.05) is 52.6 Å². The highest BCUT2D eigenvalue weighted by Gasteiger charge is 2.36. The molecular weight excluding hydrogens is 436 g/mol. The van der Waals surface area contributed by atoms with Gasteiger partial charge in [0.2, 0.25) is 11.8 Å². The molecule has 0 saturated heterocycles. The van der Waals surface area contributed by atoms with Crippen molar-refractivity contribution in [3.8, 4) is 0 Å². The Hall–Kier alpha value is -1.62. The molecule has 2 aliphatic heterocycles. The second-order valence-corrected chi connectivity index (χ2v) is 10.7. The van der Waals surface area contributed by atoms with E-state index in [1.165, 1.54) is 37.4 Å². The molecule has 0 aromatic heterocycles. The normalized spacial score (nSPS) is 14.3. The molecule has 146 valence electrons. The smallest absolute Gasteiger partial charge is 0.221 e.